The SMILES string of the molecule is CCN(CC(=O)N[C@H]1CCS(=O)(=O)C1)C(=O)Cc1c(C)nc2ccccc2c1C. The summed E-state index contributed by atoms with van der Waals surface area (Å²) < 4.78 is 23.1. The van der Waals surface area contributed by atoms with Gasteiger partial charge in [-0.15, -0.1) is 0 Å². The van der Waals surface area contributed by atoms with E-state index in [1.54, 1.807) is 0 Å². The Hall–Kier alpha value is -2.48. The van der Waals surface area contributed by atoms with E-state index in [2.05, 4.69) is 10.3 Å². The molecule has 1 N–H and O–H groups in total. The minimum atomic E-state index is -3.06. The predicted octanol–water partition coefficient (Wildman–Crippen LogP) is 1.55. The number of hydrogen-bond donors (Lipinski definition) is 1. The zero-order valence-corrected chi connectivity index (χ0v) is 17.9. The Balaban J connectivity index is 1.69. The number of aromatic nitrogens is 1. The normalized spacial score (nSPS) is 18.0. The number of sulfone groups is 1. The molecule has 156 valence electrons. The molecule has 1 saturated heterocycles. The van der Waals surface area contributed by atoms with E-state index in [0.29, 0.717) is 13.0 Å². The Bertz CT molecular complexity index is 1050. The molecule has 0 aliphatic carbocycles. The van der Waals surface area contributed by atoms with Gasteiger partial charge in [0.05, 0.1) is 30.0 Å². The Labute approximate surface area is 171 Å². The van der Waals surface area contributed by atoms with Crippen molar-refractivity contribution in [2.45, 2.75) is 39.7 Å². The maximum atomic E-state index is 12.9. The summed E-state index contributed by atoms with van der Waals surface area (Å²) >= 11 is 0. The van der Waals surface area contributed by atoms with Gasteiger partial charge < -0.3 is 10.2 Å². The Morgan fingerprint density at radius 2 is 1.97 bits per heavy atom. The number of fused-ring (bicyclic) bond motifs is 1. The van der Waals surface area contributed by atoms with Gasteiger partial charge in [0.15, 0.2) is 9.84 Å². The van der Waals surface area contributed by atoms with Crippen LogP contribution in [-0.2, 0) is 25.8 Å². The number of rotatable bonds is 6. The summed E-state index contributed by atoms with van der Waals surface area (Å²) in [5.41, 5.74) is 3.62. The third-order valence-corrected chi connectivity index (χ3v) is 7.25. The van der Waals surface area contributed by atoms with Crippen LogP contribution in [0.1, 0.15) is 30.2 Å². The molecule has 1 aliphatic rings. The number of carbonyl (C=O) groups is 2. The summed E-state index contributed by atoms with van der Waals surface area (Å²) in [5, 5.41) is 3.76. The number of benzene rings is 1. The number of likely N-dealkylation sites (N-methyl/N-ethyl adjacent to an activating group) is 1. The van der Waals surface area contributed by atoms with Crippen LogP contribution in [0.4, 0.5) is 0 Å². The molecule has 1 aliphatic heterocycles. The summed E-state index contributed by atoms with van der Waals surface area (Å²) in [5.74, 6) is -0.403. The van der Waals surface area contributed by atoms with E-state index in [0.717, 1.165) is 27.7 Å². The summed E-state index contributed by atoms with van der Waals surface area (Å²) in [6.07, 6.45) is 0.601. The molecule has 0 radical (unpaired) electrons. The molecule has 0 spiro atoms. The van der Waals surface area contributed by atoms with Crippen molar-refractivity contribution in [3.8, 4) is 0 Å². The molecule has 0 bridgehead atoms. The van der Waals surface area contributed by atoms with Crippen molar-refractivity contribution in [3.63, 3.8) is 0 Å². The molecule has 8 heteroatoms. The van der Waals surface area contributed by atoms with Crippen LogP contribution in [0.5, 0.6) is 0 Å². The first-order valence-electron chi connectivity index (χ1n) is 9.82. The van der Waals surface area contributed by atoms with Crippen LogP contribution in [0.25, 0.3) is 10.9 Å². The van der Waals surface area contributed by atoms with Crippen molar-refractivity contribution in [3.05, 3.63) is 41.1 Å². The van der Waals surface area contributed by atoms with E-state index in [9.17, 15) is 18.0 Å². The maximum Gasteiger partial charge on any atom is 0.239 e. The van der Waals surface area contributed by atoms with E-state index < -0.39 is 9.84 Å². The maximum absolute atomic E-state index is 12.9. The average Bonchev–Trinajstić information content (AvgIpc) is 3.01. The number of hydrogen-bond acceptors (Lipinski definition) is 5. The Kier molecular flexibility index (Phi) is 6.21. The van der Waals surface area contributed by atoms with Crippen molar-refractivity contribution in [2.24, 2.45) is 0 Å². The van der Waals surface area contributed by atoms with Crippen LogP contribution in [0, 0.1) is 13.8 Å². The summed E-state index contributed by atoms with van der Waals surface area (Å²) in [6.45, 7) is 6.03. The average molecular weight is 418 g/mol. The van der Waals surface area contributed by atoms with Crippen molar-refractivity contribution in [2.75, 3.05) is 24.6 Å². The van der Waals surface area contributed by atoms with E-state index in [4.69, 9.17) is 0 Å². The quantitative estimate of drug-likeness (QED) is 0.769. The Morgan fingerprint density at radius 3 is 2.62 bits per heavy atom. The lowest BCUT2D eigenvalue weighted by atomic mass is 9.99. The molecule has 0 unspecified atom stereocenters. The van der Waals surface area contributed by atoms with Crippen molar-refractivity contribution < 1.29 is 18.0 Å². The fourth-order valence-corrected chi connectivity index (χ4v) is 5.50. The van der Waals surface area contributed by atoms with E-state index in [1.807, 2.05) is 45.0 Å². The largest absolute Gasteiger partial charge is 0.351 e. The third kappa shape index (κ3) is 4.93. The molecule has 29 heavy (non-hydrogen) atoms. The lowest BCUT2D eigenvalue weighted by molar-refractivity contribution is -0.135. The predicted molar refractivity (Wildman–Crippen MR) is 112 cm³/mol. The van der Waals surface area contributed by atoms with Gasteiger partial charge in [-0.05, 0) is 44.4 Å². The third-order valence-electron chi connectivity index (χ3n) is 5.48. The molecule has 1 fully saturated rings. The molecule has 0 saturated carbocycles. The van der Waals surface area contributed by atoms with Crippen molar-refractivity contribution >= 4 is 32.6 Å². The van der Waals surface area contributed by atoms with Gasteiger partial charge in [-0.25, -0.2) is 8.42 Å². The highest BCUT2D eigenvalue weighted by Crippen LogP contribution is 2.23. The fourth-order valence-electron chi connectivity index (χ4n) is 3.83. The number of nitrogens with zero attached hydrogens (tertiary/aromatic N) is 2. The number of carbonyl (C=O) groups excluding carboxylic acids is 2. The highest BCUT2D eigenvalue weighted by molar-refractivity contribution is 7.91. The minimum Gasteiger partial charge on any atom is -0.351 e. The molecule has 7 nitrogen and oxygen atoms in total. The van der Waals surface area contributed by atoms with Gasteiger partial charge in [0.25, 0.3) is 0 Å². The summed E-state index contributed by atoms with van der Waals surface area (Å²) in [7, 11) is -3.06. The zero-order chi connectivity index (χ0) is 21.2. The van der Waals surface area contributed by atoms with E-state index in [1.165, 1.54) is 4.90 Å². The van der Waals surface area contributed by atoms with Crippen molar-refractivity contribution in [1.29, 1.82) is 0 Å². The topological polar surface area (TPSA) is 96.4 Å². The zero-order valence-electron chi connectivity index (χ0n) is 17.1. The lowest BCUT2D eigenvalue weighted by Gasteiger charge is -2.22. The molecule has 3 rings (SSSR count). The van der Waals surface area contributed by atoms with Gasteiger partial charge in [0.2, 0.25) is 11.8 Å². The Morgan fingerprint density at radius 1 is 1.24 bits per heavy atom. The minimum absolute atomic E-state index is 0.0278. The molecular formula is C21H27N3O4S. The van der Waals surface area contributed by atoms with Crippen LogP contribution in [0.15, 0.2) is 24.3 Å². The molecule has 2 heterocycles. The molecule has 2 amide bonds. The first-order valence-corrected chi connectivity index (χ1v) is 11.6. The number of aryl methyl sites for hydroxylation is 2. The highest BCUT2D eigenvalue weighted by Gasteiger charge is 2.29. The molecule has 2 aromatic rings. The van der Waals surface area contributed by atoms with E-state index in [-0.39, 0.29) is 42.3 Å². The second-order valence-corrected chi connectivity index (χ2v) is 9.80. The van der Waals surface area contributed by atoms with Gasteiger partial charge >= 0.3 is 0 Å². The molecule has 1 aromatic heterocycles. The first kappa shape index (κ1) is 21.2. The van der Waals surface area contributed by atoms with Crippen LogP contribution in [0.2, 0.25) is 0 Å². The van der Waals surface area contributed by atoms with Gasteiger partial charge in [-0.3, -0.25) is 14.6 Å². The second kappa shape index (κ2) is 8.49. The van der Waals surface area contributed by atoms with Gasteiger partial charge in [0, 0.05) is 23.7 Å². The molecule has 1 atom stereocenters. The molecular weight excluding hydrogens is 390 g/mol. The van der Waals surface area contributed by atoms with Crippen LogP contribution < -0.4 is 5.32 Å². The second-order valence-electron chi connectivity index (χ2n) is 7.57. The van der Waals surface area contributed by atoms with E-state index >= 15 is 0 Å². The number of para-hydroxylation sites is 1. The molecule has 1 aromatic carbocycles. The smallest absolute Gasteiger partial charge is 0.239 e. The van der Waals surface area contributed by atoms with Crippen molar-refractivity contribution in [1.82, 2.24) is 15.2 Å². The first-order chi connectivity index (χ1) is 13.7. The number of nitrogens with one attached hydrogen (secondary N) is 1. The monoisotopic (exact) mass is 417 g/mol. The fraction of sp³-hybridized carbons (Fsp3) is 0.476. The van der Waals surface area contributed by atoms with Crippen LogP contribution >= 0.6 is 0 Å². The summed E-state index contributed by atoms with van der Waals surface area (Å²) in [4.78, 5) is 31.3. The van der Waals surface area contributed by atoms with Crippen LogP contribution in [-0.4, -0.2) is 60.8 Å². The van der Waals surface area contributed by atoms with Crippen LogP contribution in [0.3, 0.4) is 0 Å². The summed E-state index contributed by atoms with van der Waals surface area (Å²) in [6, 6.07) is 7.46. The number of amides is 2. The van der Waals surface area contributed by atoms with Gasteiger partial charge in [-0.2, -0.15) is 0 Å². The van der Waals surface area contributed by atoms with Gasteiger partial charge in [0.1, 0.15) is 0 Å². The van der Waals surface area contributed by atoms with Gasteiger partial charge in [-0.1, -0.05) is 18.2 Å². The lowest BCUT2D eigenvalue weighted by Crippen LogP contribution is -2.45. The highest BCUT2D eigenvalue weighted by atomic mass is 32.2. The standard InChI is InChI=1S/C21H27N3O4S/c1-4-24(12-20(25)23-16-9-10-29(27,28)13-16)21(26)11-18-14(2)17-7-5-6-8-19(17)22-15(18)3/h5-8,16H,4,9-13H2,1-3H3,(H,23,25)/t16-/m0/s1. The number of pyridine rings is 1.